The predicted molar refractivity (Wildman–Crippen MR) is 69.9 cm³/mol. The van der Waals surface area contributed by atoms with E-state index in [0.29, 0.717) is 12.8 Å². The molecule has 2 aliphatic heterocycles. The van der Waals surface area contributed by atoms with Gasteiger partial charge in [0.2, 0.25) is 6.79 Å². The molecule has 0 amide bonds. The van der Waals surface area contributed by atoms with Crippen molar-refractivity contribution in [3.8, 4) is 11.5 Å². The van der Waals surface area contributed by atoms with E-state index in [1.165, 1.54) is 31.5 Å². The second-order valence-electron chi connectivity index (χ2n) is 5.11. The Kier molecular flexibility index (Phi) is 3.39. The fourth-order valence-corrected chi connectivity index (χ4v) is 2.60. The smallest absolute Gasteiger partial charge is 0.231 e. The molecule has 0 aromatic heterocycles. The van der Waals surface area contributed by atoms with Crippen molar-refractivity contribution in [1.29, 1.82) is 0 Å². The molecule has 0 radical (unpaired) electrons. The first-order valence-corrected chi connectivity index (χ1v) is 6.62. The molecule has 3 rings (SSSR count). The summed E-state index contributed by atoms with van der Waals surface area (Å²) in [5.41, 5.74) is 1.20. The Morgan fingerprint density at radius 3 is 2.94 bits per heavy atom. The Bertz CT molecular complexity index is 414. The fourth-order valence-electron chi connectivity index (χ4n) is 2.60. The average molecular weight is 248 g/mol. The van der Waals surface area contributed by atoms with Crippen LogP contribution in [-0.4, -0.2) is 37.9 Å². The van der Waals surface area contributed by atoms with E-state index in [0.717, 1.165) is 18.0 Å². The van der Waals surface area contributed by atoms with Gasteiger partial charge in [-0.1, -0.05) is 12.1 Å². The number of para-hydroxylation sites is 1. The number of piperidine rings is 1. The quantitative estimate of drug-likeness (QED) is 0.881. The summed E-state index contributed by atoms with van der Waals surface area (Å²) in [6.45, 7) is 3.58. The van der Waals surface area contributed by atoms with Crippen LogP contribution in [0.4, 0.5) is 0 Å². The van der Waals surface area contributed by atoms with Gasteiger partial charge >= 0.3 is 0 Å². The maximum Gasteiger partial charge on any atom is 0.231 e. The maximum atomic E-state index is 5.52. The minimum Gasteiger partial charge on any atom is -0.454 e. The van der Waals surface area contributed by atoms with Gasteiger partial charge in [-0.3, -0.25) is 0 Å². The molecular weight excluding hydrogens is 228 g/mol. The Labute approximate surface area is 108 Å². The summed E-state index contributed by atoms with van der Waals surface area (Å²) in [7, 11) is 2.19. The van der Waals surface area contributed by atoms with Gasteiger partial charge in [-0.05, 0) is 39.0 Å². The van der Waals surface area contributed by atoms with Gasteiger partial charge in [0.05, 0.1) is 0 Å². The number of benzene rings is 1. The molecule has 2 heterocycles. The second-order valence-corrected chi connectivity index (χ2v) is 5.11. The first-order valence-electron chi connectivity index (χ1n) is 6.62. The highest BCUT2D eigenvalue weighted by molar-refractivity contribution is 5.48. The van der Waals surface area contributed by atoms with E-state index < -0.39 is 0 Å². The normalized spacial score (nSPS) is 20.3. The third-order valence-corrected chi connectivity index (χ3v) is 3.78. The molecule has 1 aromatic carbocycles. The highest BCUT2D eigenvalue weighted by Crippen LogP contribution is 2.35. The predicted octanol–water partition coefficient (Wildman–Crippen LogP) is 1.60. The molecule has 1 fully saturated rings. The minimum absolute atomic E-state index is 0.348. The fraction of sp³-hybridized carbons (Fsp3) is 0.571. The van der Waals surface area contributed by atoms with Gasteiger partial charge < -0.3 is 19.7 Å². The number of nitrogens with one attached hydrogen (secondary N) is 1. The summed E-state index contributed by atoms with van der Waals surface area (Å²) >= 11 is 0. The van der Waals surface area contributed by atoms with Crippen LogP contribution in [0.1, 0.15) is 18.4 Å². The number of ether oxygens (including phenoxy) is 2. The van der Waals surface area contributed by atoms with E-state index in [9.17, 15) is 0 Å². The topological polar surface area (TPSA) is 33.7 Å². The van der Waals surface area contributed by atoms with Crippen molar-refractivity contribution < 1.29 is 9.47 Å². The summed E-state index contributed by atoms with van der Waals surface area (Å²) in [4.78, 5) is 2.38. The van der Waals surface area contributed by atoms with Crippen LogP contribution in [-0.2, 0) is 6.54 Å². The molecule has 1 saturated heterocycles. The first-order chi connectivity index (χ1) is 8.83. The monoisotopic (exact) mass is 248 g/mol. The van der Waals surface area contributed by atoms with Gasteiger partial charge in [0.25, 0.3) is 0 Å². The molecule has 4 nitrogen and oxygen atoms in total. The van der Waals surface area contributed by atoms with Crippen molar-refractivity contribution in [2.75, 3.05) is 26.9 Å². The van der Waals surface area contributed by atoms with E-state index in [1.54, 1.807) is 0 Å². The molecule has 2 aliphatic rings. The van der Waals surface area contributed by atoms with Gasteiger partial charge in [-0.15, -0.1) is 0 Å². The largest absolute Gasteiger partial charge is 0.454 e. The standard InChI is InChI=1S/C14H20N2O2/c1-16-7-5-12(6-8-16)15-9-11-3-2-4-13-14(11)18-10-17-13/h2-4,12,15H,5-10H2,1H3. The van der Waals surface area contributed by atoms with Crippen LogP contribution in [0.3, 0.4) is 0 Å². The number of nitrogens with zero attached hydrogens (tertiary/aromatic N) is 1. The molecule has 1 N–H and O–H groups in total. The molecule has 0 saturated carbocycles. The van der Waals surface area contributed by atoms with E-state index in [-0.39, 0.29) is 0 Å². The van der Waals surface area contributed by atoms with Crippen molar-refractivity contribution in [2.45, 2.75) is 25.4 Å². The number of fused-ring (bicyclic) bond motifs is 1. The zero-order chi connectivity index (χ0) is 12.4. The zero-order valence-electron chi connectivity index (χ0n) is 10.8. The van der Waals surface area contributed by atoms with Crippen molar-refractivity contribution in [3.05, 3.63) is 23.8 Å². The summed E-state index contributed by atoms with van der Waals surface area (Å²) in [5.74, 6) is 1.79. The van der Waals surface area contributed by atoms with Crippen LogP contribution in [0.25, 0.3) is 0 Å². The van der Waals surface area contributed by atoms with Crippen LogP contribution in [0.2, 0.25) is 0 Å². The van der Waals surface area contributed by atoms with Crippen LogP contribution >= 0.6 is 0 Å². The van der Waals surface area contributed by atoms with Crippen molar-refractivity contribution in [3.63, 3.8) is 0 Å². The van der Waals surface area contributed by atoms with Gasteiger partial charge in [0.1, 0.15) is 0 Å². The molecular formula is C14H20N2O2. The zero-order valence-corrected chi connectivity index (χ0v) is 10.8. The molecule has 0 unspecified atom stereocenters. The Balaban J connectivity index is 1.59. The van der Waals surface area contributed by atoms with E-state index in [1.807, 2.05) is 12.1 Å². The third-order valence-electron chi connectivity index (χ3n) is 3.78. The summed E-state index contributed by atoms with van der Waals surface area (Å²) in [6, 6.07) is 6.72. The number of likely N-dealkylation sites (tertiary alicyclic amines) is 1. The Morgan fingerprint density at radius 1 is 1.28 bits per heavy atom. The number of hydrogen-bond donors (Lipinski definition) is 1. The SMILES string of the molecule is CN1CCC(NCc2cccc3c2OCO3)CC1. The molecule has 0 spiro atoms. The van der Waals surface area contributed by atoms with E-state index in [4.69, 9.17) is 9.47 Å². The lowest BCUT2D eigenvalue weighted by molar-refractivity contribution is 0.173. The van der Waals surface area contributed by atoms with Gasteiger partial charge in [-0.2, -0.15) is 0 Å². The Morgan fingerprint density at radius 2 is 2.11 bits per heavy atom. The summed E-state index contributed by atoms with van der Waals surface area (Å²) in [5, 5.41) is 3.63. The minimum atomic E-state index is 0.348. The molecule has 0 bridgehead atoms. The molecule has 98 valence electrons. The average Bonchev–Trinajstić information content (AvgIpc) is 2.87. The van der Waals surface area contributed by atoms with Crippen LogP contribution in [0.15, 0.2) is 18.2 Å². The molecule has 0 aliphatic carbocycles. The van der Waals surface area contributed by atoms with Crippen LogP contribution in [0, 0.1) is 0 Å². The number of rotatable bonds is 3. The third kappa shape index (κ3) is 2.44. The number of hydrogen-bond acceptors (Lipinski definition) is 4. The highest BCUT2D eigenvalue weighted by atomic mass is 16.7. The summed E-state index contributed by atoms with van der Waals surface area (Å²) < 4.78 is 10.9. The first kappa shape index (κ1) is 11.8. The van der Waals surface area contributed by atoms with Gasteiger partial charge in [0.15, 0.2) is 11.5 Å². The molecule has 1 aromatic rings. The van der Waals surface area contributed by atoms with Gasteiger partial charge in [0, 0.05) is 18.2 Å². The van der Waals surface area contributed by atoms with Crippen LogP contribution < -0.4 is 14.8 Å². The lowest BCUT2D eigenvalue weighted by atomic mass is 10.0. The highest BCUT2D eigenvalue weighted by Gasteiger charge is 2.19. The van der Waals surface area contributed by atoms with Crippen LogP contribution in [0.5, 0.6) is 11.5 Å². The maximum absolute atomic E-state index is 5.52. The Hall–Kier alpha value is -1.26. The van der Waals surface area contributed by atoms with Gasteiger partial charge in [-0.25, -0.2) is 0 Å². The van der Waals surface area contributed by atoms with Crippen molar-refractivity contribution in [1.82, 2.24) is 10.2 Å². The van der Waals surface area contributed by atoms with E-state index >= 15 is 0 Å². The van der Waals surface area contributed by atoms with Crippen molar-refractivity contribution in [2.24, 2.45) is 0 Å². The van der Waals surface area contributed by atoms with Crippen molar-refractivity contribution >= 4 is 0 Å². The molecule has 4 heteroatoms. The summed E-state index contributed by atoms with van der Waals surface area (Å²) in [6.07, 6.45) is 2.45. The molecule has 18 heavy (non-hydrogen) atoms. The van der Waals surface area contributed by atoms with E-state index in [2.05, 4.69) is 23.3 Å². The lowest BCUT2D eigenvalue weighted by Gasteiger charge is -2.29. The lowest BCUT2D eigenvalue weighted by Crippen LogP contribution is -2.40. The molecule has 0 atom stereocenters. The second kappa shape index (κ2) is 5.16.